The molecular formula is C48H52N2O12. The molecule has 62 heavy (non-hydrogen) atoms. The van der Waals surface area contributed by atoms with E-state index in [1.807, 2.05) is 97.1 Å². The first-order valence-electron chi connectivity index (χ1n) is 20.8. The highest BCUT2D eigenvalue weighted by Crippen LogP contribution is 2.45. The predicted molar refractivity (Wildman–Crippen MR) is 227 cm³/mol. The maximum Gasteiger partial charge on any atom is 0.407 e. The Hall–Kier alpha value is -6.70. The Balaban J connectivity index is 1.06. The molecule has 0 spiro atoms. The van der Waals surface area contributed by atoms with Crippen molar-refractivity contribution >= 4 is 36.1 Å². The number of hydrogen-bond donors (Lipinski definition) is 3. The lowest BCUT2D eigenvalue weighted by molar-refractivity contribution is -0.169. The number of carboxylic acids is 1. The van der Waals surface area contributed by atoms with Gasteiger partial charge in [0.1, 0.15) is 38.5 Å². The summed E-state index contributed by atoms with van der Waals surface area (Å²) in [6, 6.07) is 29.2. The van der Waals surface area contributed by atoms with Gasteiger partial charge in [-0.2, -0.15) is 0 Å². The van der Waals surface area contributed by atoms with Crippen LogP contribution in [-0.2, 0) is 42.9 Å². The van der Waals surface area contributed by atoms with Crippen molar-refractivity contribution in [2.24, 2.45) is 11.8 Å². The molecular weight excluding hydrogens is 797 g/mol. The summed E-state index contributed by atoms with van der Waals surface area (Å²) in [7, 11) is 0. The zero-order valence-electron chi connectivity index (χ0n) is 35.2. The van der Waals surface area contributed by atoms with Gasteiger partial charge in [0.2, 0.25) is 0 Å². The van der Waals surface area contributed by atoms with Crippen molar-refractivity contribution in [3.8, 4) is 22.3 Å². The van der Waals surface area contributed by atoms with Crippen molar-refractivity contribution in [2.45, 2.75) is 77.0 Å². The number of nitrogens with one attached hydrogen (secondary N) is 2. The second-order valence-corrected chi connectivity index (χ2v) is 16.0. The van der Waals surface area contributed by atoms with E-state index in [1.165, 1.54) is 0 Å². The minimum atomic E-state index is -1.34. The van der Waals surface area contributed by atoms with Crippen LogP contribution in [0.1, 0.15) is 81.0 Å². The monoisotopic (exact) mass is 848 g/mol. The molecule has 3 atom stereocenters. The van der Waals surface area contributed by atoms with E-state index in [4.69, 9.17) is 28.8 Å². The Morgan fingerprint density at radius 1 is 0.532 bits per heavy atom. The van der Waals surface area contributed by atoms with Crippen LogP contribution in [0.3, 0.4) is 0 Å². The van der Waals surface area contributed by atoms with Gasteiger partial charge in [0, 0.05) is 24.7 Å². The summed E-state index contributed by atoms with van der Waals surface area (Å²) < 4.78 is 27.9. The predicted octanol–water partition coefficient (Wildman–Crippen LogP) is 7.37. The van der Waals surface area contributed by atoms with Crippen LogP contribution in [0.15, 0.2) is 97.1 Å². The second kappa shape index (κ2) is 20.7. The van der Waals surface area contributed by atoms with E-state index < -0.39 is 79.3 Å². The summed E-state index contributed by atoms with van der Waals surface area (Å²) in [5, 5.41) is 14.1. The molecule has 0 aliphatic heterocycles. The van der Waals surface area contributed by atoms with Crippen molar-refractivity contribution in [3.63, 3.8) is 0 Å². The summed E-state index contributed by atoms with van der Waals surface area (Å²) in [4.78, 5) is 76.9. The number of ether oxygens (including phenoxy) is 5. The molecule has 4 aromatic rings. The lowest BCUT2D eigenvalue weighted by Gasteiger charge is -2.26. The number of esters is 3. The molecule has 0 aromatic heterocycles. The van der Waals surface area contributed by atoms with Gasteiger partial charge in [-0.25, -0.2) is 19.2 Å². The molecule has 0 heterocycles. The molecule has 0 bridgehead atoms. The Bertz CT molecular complexity index is 2180. The Morgan fingerprint density at radius 3 is 1.32 bits per heavy atom. The normalized spacial score (nSPS) is 14.0. The minimum Gasteiger partial charge on any atom is -0.481 e. The Kier molecular flexibility index (Phi) is 15.0. The lowest BCUT2D eigenvalue weighted by Crippen LogP contribution is -2.48. The zero-order valence-corrected chi connectivity index (χ0v) is 35.2. The summed E-state index contributed by atoms with van der Waals surface area (Å²) in [5.41, 5.74) is 8.33. The Morgan fingerprint density at radius 2 is 0.919 bits per heavy atom. The summed E-state index contributed by atoms with van der Waals surface area (Å²) in [6.45, 7) is 5.69. The maximum absolute atomic E-state index is 13.7. The average Bonchev–Trinajstić information content (AvgIpc) is 3.75. The molecule has 3 N–H and O–H groups in total. The van der Waals surface area contributed by atoms with Crippen LogP contribution in [0.2, 0.25) is 0 Å². The number of alkyl carbamates (subject to hydrolysis) is 2. The molecule has 2 aliphatic carbocycles. The molecule has 0 saturated heterocycles. The number of benzene rings is 4. The van der Waals surface area contributed by atoms with Gasteiger partial charge in [-0.15, -0.1) is 0 Å². The quantitative estimate of drug-likeness (QED) is 0.0628. The van der Waals surface area contributed by atoms with Gasteiger partial charge in [0.25, 0.3) is 0 Å². The van der Waals surface area contributed by atoms with Crippen molar-refractivity contribution in [1.82, 2.24) is 10.6 Å². The number of hydrogen-bond acceptors (Lipinski definition) is 11. The largest absolute Gasteiger partial charge is 0.481 e. The van der Waals surface area contributed by atoms with Crippen molar-refractivity contribution in [3.05, 3.63) is 119 Å². The fraction of sp³-hybridized carbons (Fsp3) is 0.375. The first kappa shape index (κ1) is 44.8. The number of carbonyl (C=O) groups excluding carboxylic acids is 5. The number of amides is 2. The highest BCUT2D eigenvalue weighted by molar-refractivity contribution is 5.84. The number of carboxylic acid groups (broad SMARTS) is 1. The van der Waals surface area contributed by atoms with Gasteiger partial charge in [0.05, 0.1) is 0 Å². The maximum atomic E-state index is 13.7. The molecule has 14 heteroatoms. The van der Waals surface area contributed by atoms with E-state index in [2.05, 4.69) is 10.6 Å². The molecule has 14 nitrogen and oxygen atoms in total. The van der Waals surface area contributed by atoms with Gasteiger partial charge in [-0.1, -0.05) is 125 Å². The number of fused-ring (bicyclic) bond motifs is 6. The Labute approximate surface area is 360 Å². The van der Waals surface area contributed by atoms with Crippen molar-refractivity contribution in [2.75, 3.05) is 26.4 Å². The van der Waals surface area contributed by atoms with Crippen LogP contribution in [0.4, 0.5) is 9.59 Å². The summed E-state index contributed by atoms with van der Waals surface area (Å²) >= 11 is 0. The fourth-order valence-electron chi connectivity index (χ4n) is 7.79. The summed E-state index contributed by atoms with van der Waals surface area (Å²) in [5.74, 6) is -4.96. The highest BCUT2D eigenvalue weighted by Gasteiger charge is 2.34. The van der Waals surface area contributed by atoms with E-state index in [9.17, 15) is 28.8 Å². The van der Waals surface area contributed by atoms with Crippen LogP contribution in [0, 0.1) is 11.8 Å². The summed E-state index contributed by atoms with van der Waals surface area (Å²) in [6.07, 6.45) is -3.48. The third kappa shape index (κ3) is 11.0. The van der Waals surface area contributed by atoms with E-state index >= 15 is 0 Å². The topological polar surface area (TPSA) is 193 Å². The molecule has 1 unspecified atom stereocenters. The minimum absolute atomic E-state index is 0.0111. The van der Waals surface area contributed by atoms with Gasteiger partial charge >= 0.3 is 36.1 Å². The standard InChI is InChI=1S/C48H52N2O12/c1-28(2)43(49-47(56)60-26-39-35-18-9-5-14-31(35)32-15-6-10-19-36(32)39)45(54)59-25-30(24-58-42(53)23-13-22-41(51)52)62-46(55)44(29(3)4)50-48(57)61-27-40-37-20-11-7-16-33(37)34-17-8-12-21-38(34)40/h5-12,14-21,28-30,39-40,43-44H,13,22-27H2,1-4H3,(H,49,56)(H,50,57)(H,51,52)/t30?,43-,44-/m0/s1. The van der Waals surface area contributed by atoms with Crippen LogP contribution in [0.25, 0.3) is 22.3 Å². The average molecular weight is 849 g/mol. The first-order chi connectivity index (χ1) is 29.8. The number of aliphatic carboxylic acids is 1. The van der Waals surface area contributed by atoms with Crippen LogP contribution in [0.5, 0.6) is 0 Å². The number of carbonyl (C=O) groups is 6. The van der Waals surface area contributed by atoms with Gasteiger partial charge < -0.3 is 39.4 Å². The molecule has 4 aromatic carbocycles. The van der Waals surface area contributed by atoms with Crippen molar-refractivity contribution < 1.29 is 57.6 Å². The third-order valence-corrected chi connectivity index (χ3v) is 11.0. The fourth-order valence-corrected chi connectivity index (χ4v) is 7.79. The third-order valence-electron chi connectivity index (χ3n) is 11.0. The molecule has 326 valence electrons. The van der Waals surface area contributed by atoms with E-state index in [0.717, 1.165) is 44.5 Å². The molecule has 2 amide bonds. The van der Waals surface area contributed by atoms with E-state index in [0.29, 0.717) is 0 Å². The van der Waals surface area contributed by atoms with E-state index in [-0.39, 0.29) is 44.3 Å². The molecule has 0 saturated carbocycles. The van der Waals surface area contributed by atoms with E-state index in [1.54, 1.807) is 27.7 Å². The van der Waals surface area contributed by atoms with Gasteiger partial charge in [0.15, 0.2) is 6.10 Å². The second-order valence-electron chi connectivity index (χ2n) is 16.0. The van der Waals surface area contributed by atoms with Crippen LogP contribution >= 0.6 is 0 Å². The van der Waals surface area contributed by atoms with Crippen molar-refractivity contribution in [1.29, 1.82) is 0 Å². The zero-order chi connectivity index (χ0) is 44.3. The number of rotatable bonds is 19. The smallest absolute Gasteiger partial charge is 0.407 e. The molecule has 6 rings (SSSR count). The molecule has 0 radical (unpaired) electrons. The van der Waals surface area contributed by atoms with Gasteiger partial charge in [-0.05, 0) is 62.8 Å². The van der Waals surface area contributed by atoms with Crippen LogP contribution in [-0.4, -0.2) is 85.8 Å². The lowest BCUT2D eigenvalue weighted by atomic mass is 9.98. The molecule has 2 aliphatic rings. The SMILES string of the molecule is CC(C)[C@H](NC(=O)OCC1c2ccccc2-c2ccccc21)C(=O)OCC(COC(=O)CCCC(=O)O)OC(=O)[C@@H](NC(=O)OCC1c2ccccc2-c2ccccc21)C(C)C. The molecule has 0 fully saturated rings. The van der Waals surface area contributed by atoms with Crippen LogP contribution < -0.4 is 10.6 Å². The highest BCUT2D eigenvalue weighted by atomic mass is 16.6. The first-order valence-corrected chi connectivity index (χ1v) is 20.8. The van der Waals surface area contributed by atoms with Gasteiger partial charge in [-0.3, -0.25) is 9.59 Å².